The van der Waals surface area contributed by atoms with E-state index in [4.69, 9.17) is 13.9 Å². The SMILES string of the molecule is CNC(=O)c1c(C)oc2cc(Oc3ccnn4cc(C(=O)N5CCC(OC)(c6nccn6C)C5)c(C)c34)ccc12. The molecule has 2 amide bonds. The molecule has 0 bridgehead atoms. The van der Waals surface area contributed by atoms with Gasteiger partial charge in [0, 0.05) is 70.3 Å². The Kier molecular flexibility index (Phi) is 6.10. The third-order valence-electron chi connectivity index (χ3n) is 7.78. The molecule has 1 aromatic carbocycles. The molecule has 11 nitrogen and oxygen atoms in total. The Bertz CT molecular complexity index is 1780. The van der Waals surface area contributed by atoms with Crippen LogP contribution in [-0.4, -0.2) is 63.1 Å². The van der Waals surface area contributed by atoms with E-state index in [1.54, 1.807) is 73.4 Å². The summed E-state index contributed by atoms with van der Waals surface area (Å²) in [7, 11) is 5.18. The summed E-state index contributed by atoms with van der Waals surface area (Å²) in [6.07, 6.45) is 7.63. The molecular formula is C29H30N6O5. The zero-order valence-corrected chi connectivity index (χ0v) is 23.0. The number of methoxy groups -OCH3 is 1. The predicted octanol–water partition coefficient (Wildman–Crippen LogP) is 3.97. The summed E-state index contributed by atoms with van der Waals surface area (Å²) in [6.45, 7) is 4.59. The van der Waals surface area contributed by atoms with Crippen LogP contribution in [0.4, 0.5) is 0 Å². The van der Waals surface area contributed by atoms with E-state index in [1.165, 1.54) is 0 Å². The number of carbonyl (C=O) groups excluding carboxylic acids is 2. The van der Waals surface area contributed by atoms with Gasteiger partial charge >= 0.3 is 0 Å². The molecule has 1 saturated heterocycles. The van der Waals surface area contributed by atoms with Gasteiger partial charge in [-0.15, -0.1) is 0 Å². The smallest absolute Gasteiger partial charge is 0.255 e. The molecule has 4 aromatic heterocycles. The van der Waals surface area contributed by atoms with Crippen molar-refractivity contribution in [1.82, 2.24) is 29.4 Å². The van der Waals surface area contributed by atoms with E-state index in [-0.39, 0.29) is 11.8 Å². The van der Waals surface area contributed by atoms with E-state index < -0.39 is 5.60 Å². The standard InChI is InChI=1S/C29H30N6O5/c1-17-21(27(37)34-12-9-29(16-34,38-5)28-31-11-13-33(28)4)15-35-25(17)22(8-10-32-35)40-19-6-7-20-23(14-19)39-18(2)24(20)26(36)30-3/h6-8,10-11,13-15H,9,12,16H2,1-5H3,(H,30,36). The van der Waals surface area contributed by atoms with Crippen LogP contribution in [0.25, 0.3) is 16.5 Å². The van der Waals surface area contributed by atoms with Crippen molar-refractivity contribution in [1.29, 1.82) is 0 Å². The summed E-state index contributed by atoms with van der Waals surface area (Å²) in [6, 6.07) is 7.11. The fourth-order valence-electron chi connectivity index (χ4n) is 5.69. The molecule has 5 aromatic rings. The van der Waals surface area contributed by atoms with Crippen molar-refractivity contribution >= 4 is 28.3 Å². The number of aryl methyl sites for hydroxylation is 3. The summed E-state index contributed by atoms with van der Waals surface area (Å²) in [4.78, 5) is 32.3. The number of likely N-dealkylation sites (tertiary alicyclic amines) is 1. The van der Waals surface area contributed by atoms with Crippen LogP contribution in [0.3, 0.4) is 0 Å². The van der Waals surface area contributed by atoms with Gasteiger partial charge in [0.15, 0.2) is 5.75 Å². The summed E-state index contributed by atoms with van der Waals surface area (Å²) in [5, 5.41) is 7.79. The van der Waals surface area contributed by atoms with E-state index in [0.29, 0.717) is 64.4 Å². The third-order valence-corrected chi connectivity index (χ3v) is 7.78. The average Bonchev–Trinajstić information content (AvgIpc) is 3.72. The Balaban J connectivity index is 1.30. The number of nitrogens with one attached hydrogen (secondary N) is 1. The van der Waals surface area contributed by atoms with Gasteiger partial charge in [0.2, 0.25) is 0 Å². The number of aromatic nitrogens is 4. The first kappa shape index (κ1) is 25.6. The van der Waals surface area contributed by atoms with Crippen molar-refractivity contribution in [3.63, 3.8) is 0 Å². The minimum absolute atomic E-state index is 0.101. The maximum absolute atomic E-state index is 13.7. The molecule has 0 aliphatic carbocycles. The van der Waals surface area contributed by atoms with E-state index in [0.717, 1.165) is 11.4 Å². The molecule has 1 unspecified atom stereocenters. The molecule has 1 fully saturated rings. The van der Waals surface area contributed by atoms with Crippen molar-refractivity contribution in [2.45, 2.75) is 25.9 Å². The van der Waals surface area contributed by atoms with Gasteiger partial charge in [-0.05, 0) is 31.5 Å². The molecule has 0 radical (unpaired) electrons. The number of fused-ring (bicyclic) bond motifs is 2. The van der Waals surface area contributed by atoms with Crippen LogP contribution in [-0.2, 0) is 17.4 Å². The highest BCUT2D eigenvalue weighted by Gasteiger charge is 2.45. The van der Waals surface area contributed by atoms with Crippen molar-refractivity contribution in [2.75, 3.05) is 27.2 Å². The maximum Gasteiger partial charge on any atom is 0.255 e. The van der Waals surface area contributed by atoms with Crippen LogP contribution in [0, 0.1) is 13.8 Å². The average molecular weight is 543 g/mol. The van der Waals surface area contributed by atoms with Crippen LogP contribution in [0.5, 0.6) is 11.5 Å². The van der Waals surface area contributed by atoms with Crippen molar-refractivity contribution in [3.05, 3.63) is 77.3 Å². The quantitative estimate of drug-likeness (QED) is 0.345. The number of furan rings is 1. The first-order valence-corrected chi connectivity index (χ1v) is 13.0. The van der Waals surface area contributed by atoms with Gasteiger partial charge in [0.25, 0.3) is 11.8 Å². The van der Waals surface area contributed by atoms with Crippen LogP contribution in [0.2, 0.25) is 0 Å². The molecule has 11 heteroatoms. The second kappa shape index (κ2) is 9.53. The first-order chi connectivity index (χ1) is 19.3. The minimum Gasteiger partial charge on any atom is -0.460 e. The molecule has 206 valence electrons. The zero-order valence-electron chi connectivity index (χ0n) is 23.0. The van der Waals surface area contributed by atoms with Crippen LogP contribution in [0.1, 0.15) is 44.3 Å². The van der Waals surface area contributed by atoms with Crippen molar-refractivity contribution < 1.29 is 23.5 Å². The summed E-state index contributed by atoms with van der Waals surface area (Å²) < 4.78 is 21.6. The number of amides is 2. The lowest BCUT2D eigenvalue weighted by molar-refractivity contribution is -0.0142. The molecule has 1 aliphatic heterocycles. The highest BCUT2D eigenvalue weighted by Crippen LogP contribution is 2.37. The second-order valence-electron chi connectivity index (χ2n) is 10.1. The van der Waals surface area contributed by atoms with Crippen LogP contribution < -0.4 is 10.1 Å². The fourth-order valence-corrected chi connectivity index (χ4v) is 5.69. The van der Waals surface area contributed by atoms with E-state index in [2.05, 4.69) is 15.4 Å². The highest BCUT2D eigenvalue weighted by molar-refractivity contribution is 6.07. The van der Waals surface area contributed by atoms with Gasteiger partial charge in [0.1, 0.15) is 34.0 Å². The monoisotopic (exact) mass is 542 g/mol. The molecular weight excluding hydrogens is 512 g/mol. The maximum atomic E-state index is 13.7. The lowest BCUT2D eigenvalue weighted by Gasteiger charge is -2.27. The van der Waals surface area contributed by atoms with Gasteiger partial charge in [0.05, 0.1) is 23.9 Å². The summed E-state index contributed by atoms with van der Waals surface area (Å²) >= 11 is 0. The van der Waals surface area contributed by atoms with E-state index in [1.807, 2.05) is 24.7 Å². The molecule has 6 rings (SSSR count). The molecule has 1 N–H and O–H groups in total. The molecule has 1 atom stereocenters. The normalized spacial score (nSPS) is 17.2. The number of rotatable bonds is 6. The Morgan fingerprint density at radius 3 is 2.73 bits per heavy atom. The number of nitrogens with zero attached hydrogens (tertiary/aromatic N) is 5. The number of hydrogen-bond acceptors (Lipinski definition) is 7. The molecule has 1 aliphatic rings. The number of imidazole rings is 1. The molecule has 40 heavy (non-hydrogen) atoms. The van der Waals surface area contributed by atoms with Gasteiger partial charge in [-0.1, -0.05) is 0 Å². The lowest BCUT2D eigenvalue weighted by Crippen LogP contribution is -2.37. The van der Waals surface area contributed by atoms with E-state index >= 15 is 0 Å². The van der Waals surface area contributed by atoms with Crippen LogP contribution in [0.15, 0.2) is 53.5 Å². The van der Waals surface area contributed by atoms with Crippen molar-refractivity contribution in [3.8, 4) is 11.5 Å². The molecule has 0 spiro atoms. The van der Waals surface area contributed by atoms with Crippen LogP contribution >= 0.6 is 0 Å². The fraction of sp³-hybridized carbons (Fsp3) is 0.310. The lowest BCUT2D eigenvalue weighted by atomic mass is 10.0. The minimum atomic E-state index is -0.659. The molecule has 5 heterocycles. The molecule has 0 saturated carbocycles. The number of carbonyl (C=O) groups is 2. The second-order valence-corrected chi connectivity index (χ2v) is 10.1. The Morgan fingerprint density at radius 2 is 2.00 bits per heavy atom. The summed E-state index contributed by atoms with van der Waals surface area (Å²) in [5.41, 5.74) is 2.38. The number of ether oxygens (including phenoxy) is 2. The topological polar surface area (TPSA) is 116 Å². The Hall–Kier alpha value is -4.64. The number of benzene rings is 1. The van der Waals surface area contributed by atoms with Gasteiger partial charge in [-0.25, -0.2) is 9.50 Å². The first-order valence-electron chi connectivity index (χ1n) is 13.0. The third kappa shape index (κ3) is 3.92. The Morgan fingerprint density at radius 1 is 1.18 bits per heavy atom. The number of hydrogen-bond donors (Lipinski definition) is 1. The van der Waals surface area contributed by atoms with Gasteiger partial charge < -0.3 is 28.7 Å². The zero-order chi connectivity index (χ0) is 28.2. The van der Waals surface area contributed by atoms with Gasteiger partial charge in [-0.2, -0.15) is 5.10 Å². The highest BCUT2D eigenvalue weighted by atomic mass is 16.5. The predicted molar refractivity (Wildman–Crippen MR) is 147 cm³/mol. The largest absolute Gasteiger partial charge is 0.460 e. The summed E-state index contributed by atoms with van der Waals surface area (Å²) in [5.74, 6) is 2.10. The Labute approximate surface area is 230 Å². The van der Waals surface area contributed by atoms with Crippen molar-refractivity contribution in [2.24, 2.45) is 7.05 Å². The van der Waals surface area contributed by atoms with E-state index in [9.17, 15) is 9.59 Å². The van der Waals surface area contributed by atoms with Gasteiger partial charge in [-0.3, -0.25) is 9.59 Å².